The topological polar surface area (TPSA) is 236 Å². The summed E-state index contributed by atoms with van der Waals surface area (Å²) in [5, 5.41) is 5.79. The van der Waals surface area contributed by atoms with Gasteiger partial charge in [-0.25, -0.2) is 38.4 Å². The normalized spacial score (nSPS) is 13.5. The van der Waals surface area contributed by atoms with E-state index in [9.17, 15) is 38.4 Å². The first-order valence-corrected chi connectivity index (χ1v) is 24.7. The molecule has 8 aromatic rings. The molecule has 0 aliphatic carbocycles. The van der Waals surface area contributed by atoms with Crippen LogP contribution in [0.2, 0.25) is 0 Å². The van der Waals surface area contributed by atoms with Crippen molar-refractivity contribution in [1.29, 1.82) is 0 Å². The molecule has 0 radical (unpaired) electrons. The maximum Gasteiger partial charge on any atom is 0.348 e. The predicted octanol–water partition coefficient (Wildman–Crippen LogP) is 9.06. The number of pyridine rings is 2. The van der Waals surface area contributed by atoms with Crippen LogP contribution in [-0.4, -0.2) is 94.3 Å². The van der Waals surface area contributed by atoms with E-state index in [1.54, 1.807) is 72.8 Å². The van der Waals surface area contributed by atoms with Gasteiger partial charge in [0.05, 0.1) is 22.5 Å². The van der Waals surface area contributed by atoms with Gasteiger partial charge < -0.3 is 37.9 Å². The van der Waals surface area contributed by atoms with Gasteiger partial charge in [0.25, 0.3) is 0 Å². The summed E-state index contributed by atoms with van der Waals surface area (Å²) in [6, 6.07) is 39.4. The predicted molar refractivity (Wildman–Crippen MR) is 282 cm³/mol. The third-order valence-electron chi connectivity index (χ3n) is 12.4. The van der Waals surface area contributed by atoms with Crippen molar-refractivity contribution in [2.45, 2.75) is 91.4 Å². The average Bonchev–Trinajstić information content (AvgIpc) is 3.47. The molecular weight excluding hydrogens is 1000 g/mol. The lowest BCUT2D eigenvalue weighted by molar-refractivity contribution is -0.179. The number of hydrogen-bond donors (Lipinski definition) is 0. The van der Waals surface area contributed by atoms with Gasteiger partial charge in [0, 0.05) is 12.4 Å². The summed E-state index contributed by atoms with van der Waals surface area (Å²) in [6.45, 7) is 7.20. The molecule has 0 bridgehead atoms. The van der Waals surface area contributed by atoms with Crippen LogP contribution < -0.4 is 0 Å². The van der Waals surface area contributed by atoms with Crippen LogP contribution in [-0.2, 0) is 79.9 Å². The van der Waals surface area contributed by atoms with E-state index in [-0.39, 0.29) is 24.3 Å². The van der Waals surface area contributed by atoms with Gasteiger partial charge in [-0.1, -0.05) is 97.1 Å². The van der Waals surface area contributed by atoms with Crippen LogP contribution in [0, 0.1) is 0 Å². The number of hydrogen-bond acceptors (Lipinski definition) is 18. The highest BCUT2D eigenvalue weighted by Crippen LogP contribution is 2.31. The molecule has 0 N–H and O–H groups in total. The zero-order valence-corrected chi connectivity index (χ0v) is 43.2. The van der Waals surface area contributed by atoms with Crippen molar-refractivity contribution >= 4 is 90.8 Å². The number of ether oxygens (including phenoxy) is 8. The van der Waals surface area contributed by atoms with E-state index in [0.717, 1.165) is 21.5 Å². The molecule has 2 heterocycles. The van der Waals surface area contributed by atoms with Gasteiger partial charge in [-0.05, 0) is 132 Å². The third kappa shape index (κ3) is 12.9. The SMILES string of the molecule is CC(OC(=O)c1c2ccccc2cc2ccccc12)C(=O)OC(C)C(=O)OC(C)C(=O)OCc1ccnc(-c2cc(COC(=O)C(C)OC(=O)C(C)OC(=O)C(C)OC(=O)c3c4ccccc4cc4ccccc34)ccn2)c1. The number of carbonyl (C=O) groups excluding carboxylic acids is 8. The molecule has 0 amide bonds. The van der Waals surface area contributed by atoms with Crippen molar-refractivity contribution in [3.8, 4) is 11.4 Å². The van der Waals surface area contributed by atoms with Crippen molar-refractivity contribution in [1.82, 2.24) is 9.97 Å². The number of nitrogens with zero attached hydrogens (tertiary/aromatic N) is 2. The molecule has 18 nitrogen and oxygen atoms in total. The quantitative estimate of drug-likeness (QED) is 0.0417. The molecule has 2 aromatic heterocycles. The highest BCUT2D eigenvalue weighted by atomic mass is 16.6. The second kappa shape index (κ2) is 24.4. The lowest BCUT2D eigenvalue weighted by Crippen LogP contribution is -2.36. The van der Waals surface area contributed by atoms with E-state index in [1.165, 1.54) is 53.9 Å². The van der Waals surface area contributed by atoms with Crippen molar-refractivity contribution in [3.63, 3.8) is 0 Å². The Morgan fingerprint density at radius 1 is 0.346 bits per heavy atom. The van der Waals surface area contributed by atoms with Crippen molar-refractivity contribution in [3.05, 3.63) is 168 Å². The fraction of sp³-hybridized carbons (Fsp3) is 0.233. The smallest absolute Gasteiger partial charge is 0.348 e. The highest BCUT2D eigenvalue weighted by molar-refractivity contribution is 6.18. The molecule has 6 unspecified atom stereocenters. The van der Waals surface area contributed by atoms with Gasteiger partial charge in [0.2, 0.25) is 0 Å². The molecule has 0 saturated carbocycles. The maximum atomic E-state index is 13.5. The molecule has 18 heteroatoms. The zero-order chi connectivity index (χ0) is 55.6. The first kappa shape index (κ1) is 54.7. The van der Waals surface area contributed by atoms with Crippen LogP contribution in [0.3, 0.4) is 0 Å². The Balaban J connectivity index is 0.763. The fourth-order valence-electron chi connectivity index (χ4n) is 8.23. The Hall–Kier alpha value is -9.58. The molecule has 0 aliphatic heterocycles. The van der Waals surface area contributed by atoms with Crippen LogP contribution in [0.5, 0.6) is 0 Å². The minimum atomic E-state index is -1.48. The van der Waals surface area contributed by atoms with E-state index in [1.807, 2.05) is 60.7 Å². The van der Waals surface area contributed by atoms with Crippen LogP contribution in [0.4, 0.5) is 0 Å². The van der Waals surface area contributed by atoms with Crippen molar-refractivity contribution < 1.29 is 76.3 Å². The number of rotatable bonds is 19. The maximum absolute atomic E-state index is 13.5. The third-order valence-corrected chi connectivity index (χ3v) is 12.4. The minimum Gasteiger partial charge on any atom is -0.458 e. The van der Waals surface area contributed by atoms with Crippen molar-refractivity contribution in [2.75, 3.05) is 0 Å². The Labute approximate surface area is 446 Å². The molecule has 0 spiro atoms. The summed E-state index contributed by atoms with van der Waals surface area (Å²) in [5.41, 5.74) is 2.29. The van der Waals surface area contributed by atoms with E-state index in [0.29, 0.717) is 44.1 Å². The minimum absolute atomic E-state index is 0.253. The Morgan fingerprint density at radius 3 is 0.923 bits per heavy atom. The molecule has 8 rings (SSSR count). The lowest BCUT2D eigenvalue weighted by Gasteiger charge is -2.19. The highest BCUT2D eigenvalue weighted by Gasteiger charge is 2.32. The Kier molecular flexibility index (Phi) is 17.1. The number of carbonyl (C=O) groups is 8. The molecule has 78 heavy (non-hydrogen) atoms. The van der Waals surface area contributed by atoms with Gasteiger partial charge in [-0.3, -0.25) is 9.97 Å². The van der Waals surface area contributed by atoms with Crippen LogP contribution in [0.15, 0.2) is 146 Å². The molecule has 398 valence electrons. The molecule has 6 atom stereocenters. The Morgan fingerprint density at radius 2 is 0.615 bits per heavy atom. The number of esters is 8. The second-order valence-corrected chi connectivity index (χ2v) is 18.1. The van der Waals surface area contributed by atoms with Crippen molar-refractivity contribution in [2.24, 2.45) is 0 Å². The van der Waals surface area contributed by atoms with Crippen LogP contribution >= 0.6 is 0 Å². The monoisotopic (exact) mass is 1060 g/mol. The summed E-state index contributed by atoms with van der Waals surface area (Å²) >= 11 is 0. The lowest BCUT2D eigenvalue weighted by atomic mass is 9.97. The Bertz CT molecular complexity index is 3290. The standard InChI is InChI=1S/C60H52N2O16/c1-33(73-55(65)35(3)75-57(67)37(5)77-59(69)51-45-19-11-7-15-41(45)29-42-16-8-12-20-46(42)51)53(63)71-31-39-23-25-61-49(27-39)50-28-40(24-26-62-50)32-72-54(64)34(2)74-56(66)36(4)76-58(68)38(6)78-60(70)52-47-21-13-9-17-43(47)30-44-18-10-14-22-48(44)52/h7-30,33-38H,31-32H2,1-6H3. The first-order valence-electron chi connectivity index (χ1n) is 24.7. The van der Waals surface area contributed by atoms with Gasteiger partial charge in [-0.15, -0.1) is 0 Å². The number of fused-ring (bicyclic) bond motifs is 4. The summed E-state index contributed by atoms with van der Waals surface area (Å²) in [6.07, 6.45) is -5.63. The zero-order valence-electron chi connectivity index (χ0n) is 43.2. The van der Waals surface area contributed by atoms with E-state index in [2.05, 4.69) is 9.97 Å². The fourth-order valence-corrected chi connectivity index (χ4v) is 8.23. The molecule has 0 saturated heterocycles. The van der Waals surface area contributed by atoms with Gasteiger partial charge in [0.15, 0.2) is 36.6 Å². The van der Waals surface area contributed by atoms with Gasteiger partial charge in [0.1, 0.15) is 13.2 Å². The van der Waals surface area contributed by atoms with Gasteiger partial charge in [-0.2, -0.15) is 0 Å². The largest absolute Gasteiger partial charge is 0.458 e. The van der Waals surface area contributed by atoms with E-state index < -0.39 is 84.4 Å². The van der Waals surface area contributed by atoms with E-state index in [4.69, 9.17) is 37.9 Å². The van der Waals surface area contributed by atoms with Gasteiger partial charge >= 0.3 is 47.8 Å². The summed E-state index contributed by atoms with van der Waals surface area (Å²) in [4.78, 5) is 113. The summed E-state index contributed by atoms with van der Waals surface area (Å²) < 4.78 is 42.8. The van der Waals surface area contributed by atoms with E-state index >= 15 is 0 Å². The van der Waals surface area contributed by atoms with Crippen LogP contribution in [0.1, 0.15) is 73.4 Å². The molecular formula is C60H52N2O16. The average molecular weight is 1060 g/mol. The number of benzene rings is 6. The first-order chi connectivity index (χ1) is 37.4. The summed E-state index contributed by atoms with van der Waals surface area (Å²) in [7, 11) is 0. The molecule has 0 aliphatic rings. The second-order valence-electron chi connectivity index (χ2n) is 18.1. The summed E-state index contributed by atoms with van der Waals surface area (Å²) in [5.74, 6) is -7.42. The van der Waals surface area contributed by atoms with Crippen LogP contribution in [0.25, 0.3) is 54.5 Å². The number of aromatic nitrogens is 2. The molecule has 0 fully saturated rings. The molecule has 6 aromatic carbocycles.